The molecule has 1 aliphatic heterocycles. The minimum Gasteiger partial charge on any atom is -0.365 e. The third-order valence-corrected chi connectivity index (χ3v) is 4.96. The predicted molar refractivity (Wildman–Crippen MR) is 101 cm³/mol. The number of rotatable bonds is 2. The van der Waals surface area contributed by atoms with Crippen LogP contribution in [0.5, 0.6) is 0 Å². The molecule has 0 saturated heterocycles. The molecular weight excluding hydrogens is 471 g/mol. The minimum atomic E-state index is -1.45. The van der Waals surface area contributed by atoms with Gasteiger partial charge < -0.3 is 5.11 Å². The molecule has 2 aromatic rings. The molecule has 118 valence electrons. The van der Waals surface area contributed by atoms with Crippen molar-refractivity contribution in [1.29, 1.82) is 0 Å². The fourth-order valence-corrected chi connectivity index (χ4v) is 3.21. The van der Waals surface area contributed by atoms with E-state index in [9.17, 15) is 9.90 Å². The maximum absolute atomic E-state index is 12.8. The zero-order valence-electron chi connectivity index (χ0n) is 12.3. The Hall–Kier alpha value is -1.25. The van der Waals surface area contributed by atoms with Gasteiger partial charge in [0.15, 0.2) is 5.72 Å². The Morgan fingerprint density at radius 2 is 1.83 bits per heavy atom. The van der Waals surface area contributed by atoms with E-state index in [2.05, 4.69) is 43.6 Å². The lowest BCUT2D eigenvalue weighted by atomic mass is 9.97. The maximum atomic E-state index is 12.8. The van der Waals surface area contributed by atoms with E-state index in [1.165, 1.54) is 5.01 Å². The van der Waals surface area contributed by atoms with Gasteiger partial charge in [-0.2, -0.15) is 10.1 Å². The van der Waals surface area contributed by atoms with E-state index in [1.807, 2.05) is 31.2 Å². The number of hydrazone groups is 1. The summed E-state index contributed by atoms with van der Waals surface area (Å²) in [6, 6.07) is 14.5. The van der Waals surface area contributed by atoms with Crippen LogP contribution in [0, 0.1) is 3.57 Å². The highest BCUT2D eigenvalue weighted by atomic mass is 127. The first-order valence-corrected chi connectivity index (χ1v) is 8.90. The third-order valence-electron chi connectivity index (χ3n) is 3.71. The van der Waals surface area contributed by atoms with Crippen LogP contribution < -0.4 is 0 Å². The first-order chi connectivity index (χ1) is 10.9. The van der Waals surface area contributed by atoms with Gasteiger partial charge in [-0.1, -0.05) is 28.1 Å². The fraction of sp³-hybridized carbons (Fsp3) is 0.176. The highest BCUT2D eigenvalue weighted by Gasteiger charge is 2.45. The molecule has 1 amide bonds. The predicted octanol–water partition coefficient (Wildman–Crippen LogP) is 4.12. The third kappa shape index (κ3) is 3.20. The highest BCUT2D eigenvalue weighted by Crippen LogP contribution is 2.36. The number of carbonyl (C=O) groups excluding carboxylic acids is 1. The van der Waals surface area contributed by atoms with Crippen molar-refractivity contribution in [2.45, 2.75) is 19.1 Å². The van der Waals surface area contributed by atoms with Gasteiger partial charge in [0.05, 0.1) is 0 Å². The second-order valence-electron chi connectivity index (χ2n) is 5.46. The molecule has 0 bridgehead atoms. The van der Waals surface area contributed by atoms with Crippen LogP contribution in [0.2, 0.25) is 0 Å². The molecule has 0 fully saturated rings. The molecule has 2 aromatic carbocycles. The van der Waals surface area contributed by atoms with Crippen LogP contribution in [0.3, 0.4) is 0 Å². The molecule has 4 nitrogen and oxygen atoms in total. The Balaban J connectivity index is 1.99. The lowest BCUT2D eigenvalue weighted by Gasteiger charge is -2.31. The smallest absolute Gasteiger partial charge is 0.276 e. The quantitative estimate of drug-likeness (QED) is 0.652. The van der Waals surface area contributed by atoms with Crippen LogP contribution in [0.15, 0.2) is 58.1 Å². The van der Waals surface area contributed by atoms with E-state index in [1.54, 1.807) is 24.3 Å². The summed E-state index contributed by atoms with van der Waals surface area (Å²) in [6.45, 7) is 1.81. The first-order valence-electron chi connectivity index (χ1n) is 7.03. The number of nitrogens with zero attached hydrogens (tertiary/aromatic N) is 2. The van der Waals surface area contributed by atoms with E-state index in [0.717, 1.165) is 8.04 Å². The fourth-order valence-electron chi connectivity index (χ4n) is 2.59. The van der Waals surface area contributed by atoms with Crippen LogP contribution in [-0.4, -0.2) is 21.7 Å². The van der Waals surface area contributed by atoms with E-state index in [4.69, 9.17) is 0 Å². The second-order valence-corrected chi connectivity index (χ2v) is 7.62. The van der Waals surface area contributed by atoms with Gasteiger partial charge in [-0.05, 0) is 65.9 Å². The molecule has 0 aromatic heterocycles. The van der Waals surface area contributed by atoms with Gasteiger partial charge in [0, 0.05) is 31.3 Å². The van der Waals surface area contributed by atoms with Crippen molar-refractivity contribution in [2.24, 2.45) is 5.10 Å². The van der Waals surface area contributed by atoms with Crippen LogP contribution in [-0.2, 0) is 5.72 Å². The van der Waals surface area contributed by atoms with Crippen molar-refractivity contribution in [1.82, 2.24) is 5.01 Å². The Morgan fingerprint density at radius 3 is 2.43 bits per heavy atom. The zero-order valence-corrected chi connectivity index (χ0v) is 16.1. The lowest BCUT2D eigenvalue weighted by molar-refractivity contribution is -0.0765. The van der Waals surface area contributed by atoms with Crippen LogP contribution in [0.25, 0.3) is 0 Å². The molecule has 1 heterocycles. The molecule has 0 saturated carbocycles. The molecule has 1 atom stereocenters. The number of aliphatic hydroxyl groups is 1. The summed E-state index contributed by atoms with van der Waals surface area (Å²) in [5.41, 5.74) is 0.402. The standard InChI is InChI=1S/C17H14BrIN2O2/c1-11-10-17(23,13-4-6-14(18)7-5-13)21(20-11)16(22)12-2-8-15(19)9-3-12/h2-9,23H,10H2,1H3/t17-/m1/s1. The van der Waals surface area contributed by atoms with Crippen molar-refractivity contribution in [2.75, 3.05) is 0 Å². The summed E-state index contributed by atoms with van der Waals surface area (Å²) in [6.07, 6.45) is 0.296. The Bertz CT molecular complexity index is 774. The molecule has 1 N–H and O–H groups in total. The molecular formula is C17H14BrIN2O2. The summed E-state index contributed by atoms with van der Waals surface area (Å²) in [5.74, 6) is -0.316. The average molecular weight is 485 g/mol. The maximum Gasteiger partial charge on any atom is 0.276 e. The number of benzene rings is 2. The van der Waals surface area contributed by atoms with Gasteiger partial charge in [-0.15, -0.1) is 0 Å². The molecule has 0 radical (unpaired) electrons. The molecule has 0 spiro atoms. The summed E-state index contributed by atoms with van der Waals surface area (Å²) < 4.78 is 1.96. The number of hydrogen-bond donors (Lipinski definition) is 1. The molecule has 6 heteroatoms. The van der Waals surface area contributed by atoms with E-state index >= 15 is 0 Å². The molecule has 23 heavy (non-hydrogen) atoms. The lowest BCUT2D eigenvalue weighted by Crippen LogP contribution is -2.43. The topological polar surface area (TPSA) is 52.9 Å². The molecule has 1 aliphatic rings. The van der Waals surface area contributed by atoms with Crippen molar-refractivity contribution in [3.8, 4) is 0 Å². The second kappa shape index (κ2) is 6.33. The van der Waals surface area contributed by atoms with Crippen LogP contribution >= 0.6 is 38.5 Å². The summed E-state index contributed by atoms with van der Waals surface area (Å²) in [4.78, 5) is 12.8. The van der Waals surface area contributed by atoms with Gasteiger partial charge in [-0.3, -0.25) is 4.79 Å². The number of carbonyl (C=O) groups is 1. The van der Waals surface area contributed by atoms with Gasteiger partial charge in [0.25, 0.3) is 5.91 Å². The highest BCUT2D eigenvalue weighted by molar-refractivity contribution is 14.1. The van der Waals surface area contributed by atoms with Crippen molar-refractivity contribution in [3.63, 3.8) is 0 Å². The van der Waals surface area contributed by atoms with Crippen LogP contribution in [0.1, 0.15) is 29.3 Å². The van der Waals surface area contributed by atoms with Crippen molar-refractivity contribution in [3.05, 3.63) is 67.7 Å². The van der Waals surface area contributed by atoms with E-state index < -0.39 is 5.72 Å². The Labute approximate surface area is 156 Å². The van der Waals surface area contributed by atoms with E-state index in [-0.39, 0.29) is 5.91 Å². The monoisotopic (exact) mass is 484 g/mol. The SMILES string of the molecule is CC1=NN(C(=O)c2ccc(I)cc2)[C@](O)(c2ccc(Br)cc2)C1. The molecule has 0 unspecified atom stereocenters. The summed E-state index contributed by atoms with van der Waals surface area (Å²) in [7, 11) is 0. The van der Waals surface area contributed by atoms with Gasteiger partial charge in [0.1, 0.15) is 0 Å². The first kappa shape index (κ1) is 16.6. The van der Waals surface area contributed by atoms with Gasteiger partial charge >= 0.3 is 0 Å². The molecule has 0 aliphatic carbocycles. The molecule has 3 rings (SSSR count). The van der Waals surface area contributed by atoms with Crippen LogP contribution in [0.4, 0.5) is 0 Å². The van der Waals surface area contributed by atoms with Gasteiger partial charge in [-0.25, -0.2) is 0 Å². The normalized spacial score (nSPS) is 20.5. The zero-order chi connectivity index (χ0) is 16.6. The summed E-state index contributed by atoms with van der Waals surface area (Å²) >= 11 is 5.56. The summed E-state index contributed by atoms with van der Waals surface area (Å²) in [5, 5.41) is 16.6. The number of hydrogen-bond acceptors (Lipinski definition) is 3. The number of amides is 1. The van der Waals surface area contributed by atoms with Crippen molar-refractivity contribution < 1.29 is 9.90 Å². The van der Waals surface area contributed by atoms with Crippen molar-refractivity contribution >= 4 is 50.1 Å². The Morgan fingerprint density at radius 1 is 1.22 bits per heavy atom. The minimum absolute atomic E-state index is 0.296. The largest absolute Gasteiger partial charge is 0.365 e. The average Bonchev–Trinajstić information content (AvgIpc) is 2.84. The Kier molecular flexibility index (Phi) is 4.57. The van der Waals surface area contributed by atoms with Gasteiger partial charge in [0.2, 0.25) is 0 Å². The van der Waals surface area contributed by atoms with E-state index in [0.29, 0.717) is 23.3 Å². The number of halogens is 2.